The van der Waals surface area contributed by atoms with E-state index in [4.69, 9.17) is 9.47 Å². The van der Waals surface area contributed by atoms with Crippen LogP contribution in [-0.2, 0) is 6.54 Å². The van der Waals surface area contributed by atoms with Crippen molar-refractivity contribution in [2.24, 2.45) is 5.92 Å². The maximum absolute atomic E-state index is 5.76. The van der Waals surface area contributed by atoms with Gasteiger partial charge in [-0.25, -0.2) is 0 Å². The molecule has 0 heterocycles. The van der Waals surface area contributed by atoms with Gasteiger partial charge in [-0.05, 0) is 43.2 Å². The first-order valence-corrected chi connectivity index (χ1v) is 6.67. The number of hydrogen-bond donors (Lipinski definition) is 1. The van der Waals surface area contributed by atoms with Crippen LogP contribution in [0.5, 0.6) is 11.5 Å². The van der Waals surface area contributed by atoms with Crippen LogP contribution in [0.25, 0.3) is 0 Å². The molecule has 0 bridgehead atoms. The Labute approximate surface area is 116 Å². The molecule has 0 amide bonds. The molecule has 1 rings (SSSR count). The van der Waals surface area contributed by atoms with Gasteiger partial charge in [0.25, 0.3) is 0 Å². The second-order valence-electron chi connectivity index (χ2n) is 5.24. The van der Waals surface area contributed by atoms with Gasteiger partial charge in [-0.1, -0.05) is 20.4 Å². The lowest BCUT2D eigenvalue weighted by molar-refractivity contribution is 0.345. The lowest BCUT2D eigenvalue weighted by atomic mass is 10.1. The van der Waals surface area contributed by atoms with E-state index in [0.717, 1.165) is 35.7 Å². The minimum absolute atomic E-state index is 0.545. The summed E-state index contributed by atoms with van der Waals surface area (Å²) < 4.78 is 11.0. The number of methoxy groups -OCH3 is 1. The van der Waals surface area contributed by atoms with Crippen molar-refractivity contribution in [2.75, 3.05) is 20.3 Å². The third kappa shape index (κ3) is 5.79. The van der Waals surface area contributed by atoms with Crippen LogP contribution in [0, 0.1) is 5.92 Å². The van der Waals surface area contributed by atoms with Crippen LogP contribution in [0.4, 0.5) is 0 Å². The Bertz CT molecular complexity index is 413. The van der Waals surface area contributed by atoms with Crippen LogP contribution in [0.2, 0.25) is 0 Å². The summed E-state index contributed by atoms with van der Waals surface area (Å²) in [5.74, 6) is 2.37. The van der Waals surface area contributed by atoms with Crippen LogP contribution in [0.1, 0.15) is 26.3 Å². The molecule has 106 valence electrons. The van der Waals surface area contributed by atoms with Crippen molar-refractivity contribution in [1.82, 2.24) is 5.32 Å². The Balaban J connectivity index is 2.74. The summed E-state index contributed by atoms with van der Waals surface area (Å²) in [7, 11) is 1.68. The van der Waals surface area contributed by atoms with Gasteiger partial charge < -0.3 is 14.8 Å². The fraction of sp³-hybridized carbons (Fsp3) is 0.500. The van der Waals surface area contributed by atoms with E-state index in [1.54, 1.807) is 7.11 Å². The average Bonchev–Trinajstić information content (AvgIpc) is 2.36. The summed E-state index contributed by atoms with van der Waals surface area (Å²) in [5, 5.41) is 3.42. The SMILES string of the molecule is C=C(C)COc1ccc(OC)cc1CNCC(C)C. The molecule has 0 aliphatic rings. The first-order chi connectivity index (χ1) is 9.02. The van der Waals surface area contributed by atoms with Crippen LogP contribution in [0.15, 0.2) is 30.4 Å². The highest BCUT2D eigenvalue weighted by atomic mass is 16.5. The minimum atomic E-state index is 0.545. The number of ether oxygens (including phenoxy) is 2. The molecule has 0 fully saturated rings. The fourth-order valence-electron chi connectivity index (χ4n) is 1.66. The summed E-state index contributed by atoms with van der Waals surface area (Å²) in [6, 6.07) is 5.88. The van der Waals surface area contributed by atoms with Crippen LogP contribution < -0.4 is 14.8 Å². The van der Waals surface area contributed by atoms with Gasteiger partial charge >= 0.3 is 0 Å². The van der Waals surface area contributed by atoms with Gasteiger partial charge in [-0.2, -0.15) is 0 Å². The van der Waals surface area contributed by atoms with Crippen molar-refractivity contribution in [3.8, 4) is 11.5 Å². The Morgan fingerprint density at radius 1 is 1.37 bits per heavy atom. The summed E-state index contributed by atoms with van der Waals surface area (Å²) in [5.41, 5.74) is 2.12. The van der Waals surface area contributed by atoms with Gasteiger partial charge in [0.2, 0.25) is 0 Å². The Kier molecular flexibility index (Phi) is 6.43. The van der Waals surface area contributed by atoms with Gasteiger partial charge in [-0.3, -0.25) is 0 Å². The number of hydrogen-bond acceptors (Lipinski definition) is 3. The third-order valence-corrected chi connectivity index (χ3v) is 2.61. The topological polar surface area (TPSA) is 30.5 Å². The molecule has 1 N–H and O–H groups in total. The molecular formula is C16H25NO2. The quantitative estimate of drug-likeness (QED) is 0.729. The molecule has 0 radical (unpaired) electrons. The standard InChI is InChI=1S/C16H25NO2/c1-12(2)9-17-10-14-8-15(18-5)6-7-16(14)19-11-13(3)4/h6-8,12,17H,3,9-11H2,1-2,4-5H3. The molecule has 1 aromatic rings. The predicted molar refractivity (Wildman–Crippen MR) is 79.8 cm³/mol. The van der Waals surface area contributed by atoms with Crippen LogP contribution in [-0.4, -0.2) is 20.3 Å². The van der Waals surface area contributed by atoms with Crippen molar-refractivity contribution in [3.63, 3.8) is 0 Å². The summed E-state index contributed by atoms with van der Waals surface area (Å²) in [6.07, 6.45) is 0. The van der Waals surface area contributed by atoms with Crippen LogP contribution in [0.3, 0.4) is 0 Å². The summed E-state index contributed by atoms with van der Waals surface area (Å²) in [6.45, 7) is 12.5. The largest absolute Gasteiger partial charge is 0.497 e. The molecule has 0 saturated heterocycles. The molecule has 1 aromatic carbocycles. The molecule has 19 heavy (non-hydrogen) atoms. The van der Waals surface area contributed by atoms with E-state index in [9.17, 15) is 0 Å². The summed E-state index contributed by atoms with van der Waals surface area (Å²) in [4.78, 5) is 0. The van der Waals surface area contributed by atoms with E-state index in [1.165, 1.54) is 0 Å². The molecule has 0 aromatic heterocycles. The number of rotatable bonds is 8. The van der Waals surface area contributed by atoms with E-state index < -0.39 is 0 Å². The van der Waals surface area contributed by atoms with Gasteiger partial charge in [0.15, 0.2) is 0 Å². The maximum atomic E-state index is 5.76. The second-order valence-corrected chi connectivity index (χ2v) is 5.24. The molecule has 0 unspecified atom stereocenters. The summed E-state index contributed by atoms with van der Waals surface area (Å²) >= 11 is 0. The van der Waals surface area contributed by atoms with Gasteiger partial charge in [-0.15, -0.1) is 0 Å². The Hall–Kier alpha value is -1.48. The van der Waals surface area contributed by atoms with Crippen molar-refractivity contribution < 1.29 is 9.47 Å². The Morgan fingerprint density at radius 3 is 2.68 bits per heavy atom. The zero-order valence-electron chi connectivity index (χ0n) is 12.5. The first-order valence-electron chi connectivity index (χ1n) is 6.67. The van der Waals surface area contributed by atoms with Crippen molar-refractivity contribution in [2.45, 2.75) is 27.3 Å². The highest BCUT2D eigenvalue weighted by molar-refractivity contribution is 5.40. The molecule has 3 nitrogen and oxygen atoms in total. The zero-order valence-corrected chi connectivity index (χ0v) is 12.5. The molecule has 0 aliphatic heterocycles. The zero-order chi connectivity index (χ0) is 14.3. The maximum Gasteiger partial charge on any atom is 0.124 e. The van der Waals surface area contributed by atoms with Gasteiger partial charge in [0, 0.05) is 12.1 Å². The van der Waals surface area contributed by atoms with E-state index in [0.29, 0.717) is 12.5 Å². The molecule has 3 heteroatoms. The first kappa shape index (κ1) is 15.6. The lowest BCUT2D eigenvalue weighted by Gasteiger charge is -2.14. The highest BCUT2D eigenvalue weighted by Gasteiger charge is 2.06. The van der Waals surface area contributed by atoms with Gasteiger partial charge in [0.05, 0.1) is 7.11 Å². The number of benzene rings is 1. The fourth-order valence-corrected chi connectivity index (χ4v) is 1.66. The molecule has 0 aliphatic carbocycles. The van der Waals surface area contributed by atoms with Crippen molar-refractivity contribution in [3.05, 3.63) is 35.9 Å². The number of nitrogens with one attached hydrogen (secondary N) is 1. The molecule has 0 saturated carbocycles. The molecule has 0 atom stereocenters. The Morgan fingerprint density at radius 2 is 2.11 bits per heavy atom. The van der Waals surface area contributed by atoms with Crippen molar-refractivity contribution >= 4 is 0 Å². The lowest BCUT2D eigenvalue weighted by Crippen LogP contribution is -2.19. The smallest absolute Gasteiger partial charge is 0.124 e. The predicted octanol–water partition coefficient (Wildman–Crippen LogP) is 3.40. The van der Waals surface area contributed by atoms with Gasteiger partial charge in [0.1, 0.15) is 18.1 Å². The second kappa shape index (κ2) is 7.85. The van der Waals surface area contributed by atoms with E-state index in [2.05, 4.69) is 25.7 Å². The highest BCUT2D eigenvalue weighted by Crippen LogP contribution is 2.24. The third-order valence-electron chi connectivity index (χ3n) is 2.61. The minimum Gasteiger partial charge on any atom is -0.497 e. The molecular weight excluding hydrogens is 238 g/mol. The monoisotopic (exact) mass is 263 g/mol. The van der Waals surface area contributed by atoms with E-state index in [1.807, 2.05) is 25.1 Å². The molecule has 0 spiro atoms. The van der Waals surface area contributed by atoms with E-state index >= 15 is 0 Å². The van der Waals surface area contributed by atoms with Crippen LogP contribution >= 0.6 is 0 Å². The average molecular weight is 263 g/mol. The van der Waals surface area contributed by atoms with Crippen molar-refractivity contribution in [1.29, 1.82) is 0 Å². The normalized spacial score (nSPS) is 10.6. The van der Waals surface area contributed by atoms with E-state index in [-0.39, 0.29) is 0 Å².